The zero-order chi connectivity index (χ0) is 22.0. The summed E-state index contributed by atoms with van der Waals surface area (Å²) in [4.78, 5) is 0. The van der Waals surface area contributed by atoms with Gasteiger partial charge in [-0.2, -0.15) is 0 Å². The highest BCUT2D eigenvalue weighted by atomic mass is 31.1. The number of rotatable bonds is 6. The van der Waals surface area contributed by atoms with Crippen LogP contribution in [0.3, 0.4) is 0 Å². The molecule has 0 unspecified atom stereocenters. The van der Waals surface area contributed by atoms with Crippen molar-refractivity contribution < 1.29 is 9.47 Å². The van der Waals surface area contributed by atoms with Crippen molar-refractivity contribution in [2.24, 2.45) is 0 Å². The first kappa shape index (κ1) is 25.7. The van der Waals surface area contributed by atoms with Gasteiger partial charge in [0.15, 0.2) is 0 Å². The van der Waals surface area contributed by atoms with E-state index in [-0.39, 0.29) is 36.5 Å². The number of ether oxygens (including phenoxy) is 2. The molecule has 1 aromatic rings. The predicted molar refractivity (Wildman–Crippen MR) is 130 cm³/mol. The van der Waals surface area contributed by atoms with Gasteiger partial charge < -0.3 is 9.47 Å². The van der Waals surface area contributed by atoms with Crippen molar-refractivity contribution in [1.29, 1.82) is 0 Å². The quantitative estimate of drug-likeness (QED) is 0.424. The Morgan fingerprint density at radius 1 is 0.571 bits per heavy atom. The monoisotopic (exact) mass is 426 g/mol. The largest absolute Gasteiger partial charge is 0.489 e. The summed E-state index contributed by atoms with van der Waals surface area (Å²) in [5.74, 6) is 1.82. The van der Waals surface area contributed by atoms with Gasteiger partial charge in [0, 0.05) is 6.07 Å². The van der Waals surface area contributed by atoms with E-state index in [1.165, 1.54) is 0 Å². The normalized spacial score (nSPS) is 13.9. The first-order valence-electron chi connectivity index (χ1n) is 10.3. The third-order valence-corrected chi connectivity index (χ3v) is 12.0. The Morgan fingerprint density at radius 3 is 1.11 bits per heavy atom. The third kappa shape index (κ3) is 8.20. The minimum atomic E-state index is -0.285. The van der Waals surface area contributed by atoms with Gasteiger partial charge in [0.2, 0.25) is 0 Å². The average molecular weight is 427 g/mol. The molecular formula is C24H44O2P2. The van der Waals surface area contributed by atoms with E-state index in [1.807, 2.05) is 18.2 Å². The fourth-order valence-corrected chi connectivity index (χ4v) is 9.85. The van der Waals surface area contributed by atoms with Gasteiger partial charge in [-0.25, -0.2) is 0 Å². The zero-order valence-corrected chi connectivity index (χ0v) is 22.2. The molecule has 0 amide bonds. The Hall–Kier alpha value is -0.320. The summed E-state index contributed by atoms with van der Waals surface area (Å²) in [6.45, 7) is 27.9. The maximum absolute atomic E-state index is 6.26. The van der Waals surface area contributed by atoms with Gasteiger partial charge >= 0.3 is 0 Å². The van der Waals surface area contributed by atoms with Gasteiger partial charge in [-0.05, 0) is 32.8 Å². The molecule has 0 aliphatic heterocycles. The van der Waals surface area contributed by atoms with Crippen LogP contribution in [0.4, 0.5) is 0 Å². The lowest BCUT2D eigenvalue weighted by atomic mass is 10.2. The fraction of sp³-hybridized carbons (Fsp3) is 0.750. The molecule has 0 aromatic heterocycles. The van der Waals surface area contributed by atoms with Crippen LogP contribution >= 0.6 is 15.8 Å². The minimum absolute atomic E-state index is 0.261. The van der Waals surface area contributed by atoms with Crippen LogP contribution < -0.4 is 9.47 Å². The molecule has 0 radical (unpaired) electrons. The second-order valence-electron chi connectivity index (χ2n) is 11.6. The lowest BCUT2D eigenvalue weighted by molar-refractivity contribution is 0.362. The van der Waals surface area contributed by atoms with E-state index in [0.29, 0.717) is 0 Å². The molecule has 0 atom stereocenters. The summed E-state index contributed by atoms with van der Waals surface area (Å²) in [5, 5.41) is 1.04. The molecule has 0 saturated heterocycles. The van der Waals surface area contributed by atoms with Gasteiger partial charge in [0.25, 0.3) is 0 Å². The van der Waals surface area contributed by atoms with Crippen LogP contribution in [-0.2, 0) is 0 Å². The molecule has 0 bridgehead atoms. The molecule has 4 heteroatoms. The molecule has 0 aliphatic rings. The zero-order valence-electron chi connectivity index (χ0n) is 20.4. The first-order valence-corrected chi connectivity index (χ1v) is 13.4. The Morgan fingerprint density at radius 2 is 0.857 bits per heavy atom. The van der Waals surface area contributed by atoms with Crippen molar-refractivity contribution in [3.63, 3.8) is 0 Å². The summed E-state index contributed by atoms with van der Waals surface area (Å²) in [6, 6.07) is 8.18. The van der Waals surface area contributed by atoms with Crippen molar-refractivity contribution in [3.05, 3.63) is 24.3 Å². The van der Waals surface area contributed by atoms with Crippen molar-refractivity contribution in [1.82, 2.24) is 0 Å². The molecule has 0 saturated carbocycles. The SMILES string of the molecule is CC(C)(C)P(COc1cccc(OCP(C(C)(C)C)C(C)(C)C)c1)C(C)(C)C. The van der Waals surface area contributed by atoms with Crippen molar-refractivity contribution in [2.45, 2.75) is 104 Å². The molecule has 0 N–H and O–H groups in total. The molecule has 0 heterocycles. The summed E-state index contributed by atoms with van der Waals surface area (Å²) >= 11 is 0. The lowest BCUT2D eigenvalue weighted by Crippen LogP contribution is -2.28. The average Bonchev–Trinajstić information content (AvgIpc) is 2.42. The Labute approximate surface area is 177 Å². The van der Waals surface area contributed by atoms with E-state index in [2.05, 4.69) is 89.2 Å². The Bertz CT molecular complexity index is 534. The van der Waals surface area contributed by atoms with Crippen LogP contribution in [0.15, 0.2) is 24.3 Å². The van der Waals surface area contributed by atoms with Crippen LogP contribution in [0.25, 0.3) is 0 Å². The molecule has 2 nitrogen and oxygen atoms in total. The van der Waals surface area contributed by atoms with Crippen LogP contribution in [0.5, 0.6) is 11.5 Å². The summed E-state index contributed by atoms with van der Waals surface area (Å²) in [7, 11) is -0.570. The molecule has 1 rings (SSSR count). The Balaban J connectivity index is 2.84. The van der Waals surface area contributed by atoms with Gasteiger partial charge in [0.05, 0.1) is 0 Å². The van der Waals surface area contributed by atoms with Crippen molar-refractivity contribution >= 4 is 15.8 Å². The van der Waals surface area contributed by atoms with Gasteiger partial charge in [-0.3, -0.25) is 0 Å². The summed E-state index contributed by atoms with van der Waals surface area (Å²) < 4.78 is 12.5. The summed E-state index contributed by atoms with van der Waals surface area (Å²) in [6.07, 6.45) is 1.56. The second-order valence-corrected chi connectivity index (χ2v) is 19.2. The van der Waals surface area contributed by atoms with Crippen LogP contribution in [0, 0.1) is 0 Å². The maximum Gasteiger partial charge on any atom is 0.123 e. The van der Waals surface area contributed by atoms with E-state index < -0.39 is 0 Å². The topological polar surface area (TPSA) is 18.5 Å². The highest BCUT2D eigenvalue weighted by Crippen LogP contribution is 2.60. The third-order valence-electron chi connectivity index (χ3n) is 4.77. The minimum Gasteiger partial charge on any atom is -0.489 e. The van der Waals surface area contributed by atoms with E-state index in [9.17, 15) is 0 Å². The van der Waals surface area contributed by atoms with E-state index >= 15 is 0 Å². The van der Waals surface area contributed by atoms with Crippen LogP contribution in [0.1, 0.15) is 83.1 Å². The van der Waals surface area contributed by atoms with Crippen molar-refractivity contribution in [3.8, 4) is 11.5 Å². The second kappa shape index (κ2) is 9.22. The van der Waals surface area contributed by atoms with Gasteiger partial charge in [-0.15, -0.1) is 0 Å². The van der Waals surface area contributed by atoms with E-state index in [1.54, 1.807) is 0 Å². The van der Waals surface area contributed by atoms with Crippen molar-refractivity contribution in [2.75, 3.05) is 12.7 Å². The van der Waals surface area contributed by atoms with E-state index in [4.69, 9.17) is 9.47 Å². The number of hydrogen-bond donors (Lipinski definition) is 0. The Kier molecular flexibility index (Phi) is 8.47. The standard InChI is InChI=1S/C24H44O2P2/c1-21(2,3)27(22(4,5)6)17-25-19-14-13-15-20(16-19)26-18-28(23(7,8)9)24(10,11)12/h13-16H,17-18H2,1-12H3. The van der Waals surface area contributed by atoms with E-state index in [0.717, 1.165) is 24.2 Å². The first-order chi connectivity index (χ1) is 12.4. The number of benzene rings is 1. The fourth-order valence-electron chi connectivity index (χ4n) is 3.72. The number of hydrogen-bond acceptors (Lipinski definition) is 2. The molecule has 162 valence electrons. The predicted octanol–water partition coefficient (Wildman–Crippen LogP) is 8.52. The maximum atomic E-state index is 6.26. The molecule has 0 aliphatic carbocycles. The lowest BCUT2D eigenvalue weighted by Gasteiger charge is -2.41. The smallest absolute Gasteiger partial charge is 0.123 e. The molecular weight excluding hydrogens is 382 g/mol. The molecule has 0 fully saturated rings. The molecule has 0 spiro atoms. The highest BCUT2D eigenvalue weighted by molar-refractivity contribution is 7.61. The van der Waals surface area contributed by atoms with Crippen LogP contribution in [-0.4, -0.2) is 33.3 Å². The molecule has 28 heavy (non-hydrogen) atoms. The highest BCUT2D eigenvalue weighted by Gasteiger charge is 2.36. The van der Waals surface area contributed by atoms with Gasteiger partial charge in [-0.1, -0.05) is 105 Å². The van der Waals surface area contributed by atoms with Crippen LogP contribution in [0.2, 0.25) is 0 Å². The van der Waals surface area contributed by atoms with Gasteiger partial charge in [0.1, 0.15) is 24.2 Å². The summed E-state index contributed by atoms with van der Waals surface area (Å²) in [5.41, 5.74) is 0. The molecule has 1 aromatic carbocycles.